The number of aliphatic hydroxyl groups is 1. The number of nitrogens with one attached hydrogen (secondary N) is 2. The van der Waals surface area contributed by atoms with Gasteiger partial charge in [-0.15, -0.1) is 0 Å². The Morgan fingerprint density at radius 2 is 1.80 bits per heavy atom. The van der Waals surface area contributed by atoms with E-state index < -0.39 is 19.9 Å². The largest absolute Gasteiger partial charge is 0.396 e. The Labute approximate surface area is 180 Å². The van der Waals surface area contributed by atoms with E-state index >= 15 is 0 Å². The molecule has 2 rings (SSSR count). The van der Waals surface area contributed by atoms with Crippen LogP contribution in [0.25, 0.3) is 0 Å². The lowest BCUT2D eigenvalue weighted by atomic mass is 10.2. The second-order valence-electron chi connectivity index (χ2n) is 7.88. The average Bonchev–Trinajstić information content (AvgIpc) is 2.67. The first kappa shape index (κ1) is 25.0. The van der Waals surface area contributed by atoms with Gasteiger partial charge in [-0.2, -0.15) is 0 Å². The van der Waals surface area contributed by atoms with E-state index in [1.54, 1.807) is 0 Å². The Kier molecular flexibility index (Phi) is 9.07. The van der Waals surface area contributed by atoms with Crippen LogP contribution < -0.4 is 10.0 Å². The molecular weight excluding hydrogens is 428 g/mol. The van der Waals surface area contributed by atoms with Crippen molar-refractivity contribution in [3.63, 3.8) is 0 Å². The molecule has 0 radical (unpaired) electrons. The third kappa shape index (κ3) is 7.47. The predicted molar refractivity (Wildman–Crippen MR) is 118 cm³/mol. The molecule has 9 nitrogen and oxygen atoms in total. The summed E-state index contributed by atoms with van der Waals surface area (Å²) < 4.78 is 51.8. The lowest BCUT2D eigenvalue weighted by Crippen LogP contribution is -2.45. The lowest BCUT2D eigenvalue weighted by molar-refractivity contribution is 0.151. The van der Waals surface area contributed by atoms with E-state index in [1.807, 2.05) is 6.92 Å². The summed E-state index contributed by atoms with van der Waals surface area (Å²) in [4.78, 5) is 4.53. The van der Waals surface area contributed by atoms with Crippen molar-refractivity contribution in [3.8, 4) is 0 Å². The number of benzene rings is 1. The molecule has 0 amide bonds. The summed E-state index contributed by atoms with van der Waals surface area (Å²) in [7, 11) is -5.38. The van der Waals surface area contributed by atoms with Crippen LogP contribution in [-0.2, 0) is 19.9 Å². The first-order valence-corrected chi connectivity index (χ1v) is 13.5. The number of hydrogen-bond donors (Lipinski definition) is 3. The normalized spacial score (nSPS) is 17.7. The van der Waals surface area contributed by atoms with Crippen LogP contribution in [0.5, 0.6) is 0 Å². The number of hydrogen-bond acceptors (Lipinski definition) is 8. The Morgan fingerprint density at radius 3 is 2.40 bits per heavy atom. The lowest BCUT2D eigenvalue weighted by Gasteiger charge is -2.33. The van der Waals surface area contributed by atoms with Crippen molar-refractivity contribution in [2.45, 2.75) is 35.6 Å². The maximum absolute atomic E-state index is 12.8. The van der Waals surface area contributed by atoms with Gasteiger partial charge in [0.1, 0.15) is 4.90 Å². The van der Waals surface area contributed by atoms with Crippen molar-refractivity contribution >= 4 is 25.5 Å². The van der Waals surface area contributed by atoms with Gasteiger partial charge in [0, 0.05) is 58.2 Å². The molecule has 1 atom stereocenters. The third-order valence-electron chi connectivity index (χ3n) is 5.17. The van der Waals surface area contributed by atoms with Crippen LogP contribution in [0.1, 0.15) is 19.8 Å². The van der Waals surface area contributed by atoms with Crippen LogP contribution in [0.4, 0.5) is 5.69 Å². The summed E-state index contributed by atoms with van der Waals surface area (Å²) in [6.07, 6.45) is 2.15. The van der Waals surface area contributed by atoms with Gasteiger partial charge < -0.3 is 20.2 Å². The molecule has 1 heterocycles. The molecule has 0 saturated carbocycles. The van der Waals surface area contributed by atoms with Crippen molar-refractivity contribution in [2.75, 3.05) is 64.5 Å². The highest BCUT2D eigenvalue weighted by atomic mass is 32.2. The summed E-state index contributed by atoms with van der Waals surface area (Å²) >= 11 is 0. The van der Waals surface area contributed by atoms with Gasteiger partial charge in [0.15, 0.2) is 9.84 Å². The molecule has 0 aliphatic carbocycles. The minimum atomic E-state index is -3.94. The molecular formula is C19H34N4O5S2. The first-order chi connectivity index (χ1) is 14.0. The summed E-state index contributed by atoms with van der Waals surface area (Å²) in [5.41, 5.74) is 0.366. The molecule has 172 valence electrons. The minimum Gasteiger partial charge on any atom is -0.396 e. The molecule has 1 fully saturated rings. The number of sulfonamides is 1. The monoisotopic (exact) mass is 462 g/mol. The zero-order valence-corrected chi connectivity index (χ0v) is 19.6. The first-order valence-electron chi connectivity index (χ1n) is 10.1. The van der Waals surface area contributed by atoms with Gasteiger partial charge >= 0.3 is 0 Å². The number of rotatable bonds is 11. The SMILES string of the molecule is CC(CCN1CCN(C)CC1)Nc1ccc(S(C)(=O)=O)cc1S(=O)(=O)NCCCO. The number of aliphatic hydroxyl groups excluding tert-OH is 1. The van der Waals surface area contributed by atoms with Crippen LogP contribution in [0.2, 0.25) is 0 Å². The van der Waals surface area contributed by atoms with Gasteiger partial charge in [0.05, 0.1) is 10.6 Å². The van der Waals surface area contributed by atoms with Gasteiger partial charge in [-0.25, -0.2) is 21.6 Å². The van der Waals surface area contributed by atoms with Gasteiger partial charge in [-0.3, -0.25) is 0 Å². The highest BCUT2D eigenvalue weighted by Gasteiger charge is 2.22. The summed E-state index contributed by atoms with van der Waals surface area (Å²) in [5.74, 6) is 0. The summed E-state index contributed by atoms with van der Waals surface area (Å²) in [5, 5.41) is 12.1. The molecule has 30 heavy (non-hydrogen) atoms. The van der Waals surface area contributed by atoms with Gasteiger partial charge in [0.2, 0.25) is 10.0 Å². The smallest absolute Gasteiger partial charge is 0.242 e. The summed E-state index contributed by atoms with van der Waals surface area (Å²) in [6.45, 7) is 6.92. The highest BCUT2D eigenvalue weighted by Crippen LogP contribution is 2.26. The Hall–Kier alpha value is -1.24. The van der Waals surface area contributed by atoms with Crippen LogP contribution in [-0.4, -0.2) is 97.0 Å². The summed E-state index contributed by atoms with van der Waals surface area (Å²) in [6, 6.07) is 4.10. The average molecular weight is 463 g/mol. The Bertz CT molecular complexity index is 897. The molecule has 1 aromatic carbocycles. The fraction of sp³-hybridized carbons (Fsp3) is 0.684. The fourth-order valence-electron chi connectivity index (χ4n) is 3.22. The maximum atomic E-state index is 12.8. The van der Waals surface area contributed by atoms with E-state index in [0.29, 0.717) is 5.69 Å². The number of nitrogens with zero attached hydrogens (tertiary/aromatic N) is 2. The van der Waals surface area contributed by atoms with Crippen molar-refractivity contribution < 1.29 is 21.9 Å². The zero-order valence-electron chi connectivity index (χ0n) is 18.0. The van der Waals surface area contributed by atoms with Crippen molar-refractivity contribution in [2.24, 2.45) is 0 Å². The van der Waals surface area contributed by atoms with E-state index in [2.05, 4.69) is 26.9 Å². The van der Waals surface area contributed by atoms with E-state index in [-0.39, 0.29) is 35.4 Å². The molecule has 1 unspecified atom stereocenters. The second-order valence-corrected chi connectivity index (χ2v) is 11.6. The quantitative estimate of drug-likeness (QED) is 0.399. The van der Waals surface area contributed by atoms with Crippen LogP contribution in [0, 0.1) is 0 Å². The molecule has 1 aliphatic rings. The van der Waals surface area contributed by atoms with Crippen LogP contribution in [0.3, 0.4) is 0 Å². The van der Waals surface area contributed by atoms with E-state index in [0.717, 1.165) is 45.4 Å². The molecule has 0 spiro atoms. The van der Waals surface area contributed by atoms with Gasteiger partial charge in [-0.05, 0) is 45.0 Å². The molecule has 1 aromatic rings. The van der Waals surface area contributed by atoms with Crippen LogP contribution in [0.15, 0.2) is 28.0 Å². The van der Waals surface area contributed by atoms with Gasteiger partial charge in [0.25, 0.3) is 0 Å². The molecule has 1 aliphatic heterocycles. The van der Waals surface area contributed by atoms with Crippen LogP contribution >= 0.6 is 0 Å². The molecule has 3 N–H and O–H groups in total. The molecule has 1 saturated heterocycles. The Balaban J connectivity index is 2.15. The standard InChI is InChI=1S/C19H34N4O5S2/c1-16(7-9-23-12-10-22(2)11-13-23)21-18-6-5-17(29(3,25)26)15-19(18)30(27,28)20-8-4-14-24/h5-6,15-16,20-21,24H,4,7-14H2,1-3H3. The number of anilines is 1. The predicted octanol–water partition coefficient (Wildman–Crippen LogP) is 0.189. The van der Waals surface area contributed by atoms with Crippen molar-refractivity contribution in [1.29, 1.82) is 0 Å². The van der Waals surface area contributed by atoms with Gasteiger partial charge in [-0.1, -0.05) is 0 Å². The topological polar surface area (TPSA) is 119 Å². The third-order valence-corrected chi connectivity index (χ3v) is 7.79. The number of sulfone groups is 1. The fourth-order valence-corrected chi connectivity index (χ4v) is 5.21. The maximum Gasteiger partial charge on any atom is 0.242 e. The Morgan fingerprint density at radius 1 is 1.13 bits per heavy atom. The van der Waals surface area contributed by atoms with E-state index in [1.165, 1.54) is 18.2 Å². The number of piperazine rings is 1. The van der Waals surface area contributed by atoms with Crippen molar-refractivity contribution in [3.05, 3.63) is 18.2 Å². The molecule has 11 heteroatoms. The second kappa shape index (κ2) is 10.9. The van der Waals surface area contributed by atoms with Crippen molar-refractivity contribution in [1.82, 2.24) is 14.5 Å². The zero-order chi connectivity index (χ0) is 22.4. The minimum absolute atomic E-state index is 0.000122. The highest BCUT2D eigenvalue weighted by molar-refractivity contribution is 7.91. The molecule has 0 bridgehead atoms. The number of likely N-dealkylation sites (N-methyl/N-ethyl adjacent to an activating group) is 1. The molecule has 0 aromatic heterocycles. The van der Waals surface area contributed by atoms with E-state index in [9.17, 15) is 16.8 Å². The van der Waals surface area contributed by atoms with E-state index in [4.69, 9.17) is 5.11 Å².